The normalized spacial score (nSPS) is 12.3. The van der Waals surface area contributed by atoms with E-state index in [4.69, 9.17) is 16.3 Å². The van der Waals surface area contributed by atoms with Gasteiger partial charge in [0, 0.05) is 11.1 Å². The van der Waals surface area contributed by atoms with Crippen LogP contribution in [-0.4, -0.2) is 18.1 Å². The van der Waals surface area contributed by atoms with E-state index in [0.29, 0.717) is 10.8 Å². The molecule has 1 rings (SSSR count). The Hall–Kier alpha value is -1.26. The second kappa shape index (κ2) is 6.47. The largest absolute Gasteiger partial charge is 0.481 e. The van der Waals surface area contributed by atoms with Gasteiger partial charge >= 0.3 is 0 Å². The van der Waals surface area contributed by atoms with Gasteiger partial charge in [-0.15, -0.1) is 0 Å². The predicted molar refractivity (Wildman–Crippen MR) is 68.0 cm³/mol. The molecule has 0 aliphatic carbocycles. The first kappa shape index (κ1) is 13.8. The van der Waals surface area contributed by atoms with Crippen LogP contribution in [0.2, 0.25) is 5.02 Å². The Morgan fingerprint density at radius 1 is 1.24 bits per heavy atom. The average molecular weight is 257 g/mol. The topological polar surface area (TPSA) is 50.4 Å². The highest BCUT2D eigenvalue weighted by molar-refractivity contribution is 6.30. The zero-order chi connectivity index (χ0) is 12.8. The molecule has 0 heterocycles. The fraction of sp³-hybridized carbons (Fsp3) is 0.417. The number of hydrogen-bond acceptors (Lipinski definition) is 3. The second-order valence-corrected chi connectivity index (χ2v) is 4.44. The first-order chi connectivity index (χ1) is 7.99. The van der Waals surface area contributed by atoms with Crippen LogP contribution in [0.1, 0.15) is 20.8 Å². The first-order valence-electron chi connectivity index (χ1n) is 5.46. The van der Waals surface area contributed by atoms with Crippen LogP contribution in [0.15, 0.2) is 24.3 Å². The quantitative estimate of drug-likeness (QED) is 0.794. The Kier molecular flexibility index (Phi) is 5.25. The van der Waals surface area contributed by atoms with Crippen LogP contribution in [0, 0.1) is 0 Å². The zero-order valence-electron chi connectivity index (χ0n) is 10.2. The van der Waals surface area contributed by atoms with Crippen molar-refractivity contribution in [1.29, 1.82) is 0 Å². The number of amides is 1. The molecule has 0 aromatic heterocycles. The van der Waals surface area contributed by atoms with E-state index >= 15 is 0 Å². The highest BCUT2D eigenvalue weighted by atomic mass is 35.5. The number of carbonyl (C=O) groups is 1. The lowest BCUT2D eigenvalue weighted by Gasteiger charge is -2.16. The molecule has 17 heavy (non-hydrogen) atoms. The smallest absolute Gasteiger partial charge is 0.274 e. The minimum Gasteiger partial charge on any atom is -0.481 e. The summed E-state index contributed by atoms with van der Waals surface area (Å²) in [5, 5.41) is 0.635. The van der Waals surface area contributed by atoms with Gasteiger partial charge in [-0.05, 0) is 45.0 Å². The SMILES string of the molecule is CC(C)NNC(=O)C(C)Oc1ccc(Cl)cc1. The number of benzene rings is 1. The van der Waals surface area contributed by atoms with E-state index < -0.39 is 6.10 Å². The first-order valence-corrected chi connectivity index (χ1v) is 5.84. The molecule has 1 aromatic rings. The molecule has 0 bridgehead atoms. The van der Waals surface area contributed by atoms with Gasteiger partial charge in [0.25, 0.3) is 5.91 Å². The van der Waals surface area contributed by atoms with Crippen LogP contribution in [0.3, 0.4) is 0 Å². The molecule has 1 atom stereocenters. The molecular formula is C12H17ClN2O2. The van der Waals surface area contributed by atoms with Crippen molar-refractivity contribution in [2.45, 2.75) is 32.9 Å². The number of halogens is 1. The van der Waals surface area contributed by atoms with Crippen LogP contribution in [0.25, 0.3) is 0 Å². The lowest BCUT2D eigenvalue weighted by atomic mass is 10.3. The Morgan fingerprint density at radius 3 is 2.35 bits per heavy atom. The number of nitrogens with one attached hydrogen (secondary N) is 2. The van der Waals surface area contributed by atoms with E-state index in [1.807, 2.05) is 13.8 Å². The third-order valence-electron chi connectivity index (χ3n) is 1.98. The van der Waals surface area contributed by atoms with Gasteiger partial charge in [-0.2, -0.15) is 0 Å². The number of carbonyl (C=O) groups excluding carboxylic acids is 1. The summed E-state index contributed by atoms with van der Waals surface area (Å²) in [4.78, 5) is 11.6. The van der Waals surface area contributed by atoms with Crippen LogP contribution in [0.4, 0.5) is 0 Å². The summed E-state index contributed by atoms with van der Waals surface area (Å²) < 4.78 is 5.45. The van der Waals surface area contributed by atoms with Gasteiger partial charge in [0.1, 0.15) is 5.75 Å². The molecule has 4 nitrogen and oxygen atoms in total. The maximum atomic E-state index is 11.6. The molecule has 1 aromatic carbocycles. The van der Waals surface area contributed by atoms with Crippen molar-refractivity contribution >= 4 is 17.5 Å². The van der Waals surface area contributed by atoms with Gasteiger partial charge < -0.3 is 4.74 Å². The van der Waals surface area contributed by atoms with Gasteiger partial charge in [-0.25, -0.2) is 5.43 Å². The van der Waals surface area contributed by atoms with E-state index in [1.165, 1.54) is 0 Å². The Morgan fingerprint density at radius 2 is 1.82 bits per heavy atom. The van der Waals surface area contributed by atoms with Gasteiger partial charge in [-0.3, -0.25) is 10.2 Å². The van der Waals surface area contributed by atoms with Gasteiger partial charge in [0.15, 0.2) is 6.10 Å². The van der Waals surface area contributed by atoms with Crippen molar-refractivity contribution in [3.63, 3.8) is 0 Å². The molecule has 0 saturated carbocycles. The Balaban J connectivity index is 2.45. The Bertz CT molecular complexity index is 365. The van der Waals surface area contributed by atoms with Crippen molar-refractivity contribution in [3.8, 4) is 5.75 Å². The van der Waals surface area contributed by atoms with E-state index in [0.717, 1.165) is 0 Å². The van der Waals surface area contributed by atoms with E-state index in [2.05, 4.69) is 10.9 Å². The zero-order valence-corrected chi connectivity index (χ0v) is 10.9. The van der Waals surface area contributed by atoms with Crippen molar-refractivity contribution < 1.29 is 9.53 Å². The molecule has 5 heteroatoms. The van der Waals surface area contributed by atoms with Gasteiger partial charge in [-0.1, -0.05) is 11.6 Å². The molecule has 1 amide bonds. The minimum absolute atomic E-state index is 0.182. The molecule has 2 N–H and O–H groups in total. The highest BCUT2D eigenvalue weighted by Gasteiger charge is 2.14. The van der Waals surface area contributed by atoms with Gasteiger partial charge in [0.2, 0.25) is 0 Å². The minimum atomic E-state index is -0.567. The average Bonchev–Trinajstić information content (AvgIpc) is 2.28. The number of rotatable bonds is 5. The summed E-state index contributed by atoms with van der Waals surface area (Å²) >= 11 is 5.75. The molecule has 0 radical (unpaired) electrons. The summed E-state index contributed by atoms with van der Waals surface area (Å²) in [6.45, 7) is 5.56. The summed E-state index contributed by atoms with van der Waals surface area (Å²) in [7, 11) is 0. The van der Waals surface area contributed by atoms with Crippen LogP contribution < -0.4 is 15.6 Å². The third kappa shape index (κ3) is 5.06. The molecule has 1 unspecified atom stereocenters. The van der Waals surface area contributed by atoms with E-state index in [9.17, 15) is 4.79 Å². The van der Waals surface area contributed by atoms with E-state index in [-0.39, 0.29) is 11.9 Å². The van der Waals surface area contributed by atoms with Crippen molar-refractivity contribution in [1.82, 2.24) is 10.9 Å². The lowest BCUT2D eigenvalue weighted by Crippen LogP contribution is -2.47. The third-order valence-corrected chi connectivity index (χ3v) is 2.23. The molecule has 0 fully saturated rings. The molecule has 94 valence electrons. The summed E-state index contributed by atoms with van der Waals surface area (Å²) in [6, 6.07) is 7.06. The summed E-state index contributed by atoms with van der Waals surface area (Å²) in [5.74, 6) is 0.398. The molecule has 0 aliphatic rings. The lowest BCUT2D eigenvalue weighted by molar-refractivity contribution is -0.128. The predicted octanol–water partition coefficient (Wildman–Crippen LogP) is 2.14. The maximum absolute atomic E-state index is 11.6. The fourth-order valence-corrected chi connectivity index (χ4v) is 1.21. The fourth-order valence-electron chi connectivity index (χ4n) is 1.09. The van der Waals surface area contributed by atoms with Crippen molar-refractivity contribution in [2.75, 3.05) is 0 Å². The molecular weight excluding hydrogens is 240 g/mol. The maximum Gasteiger partial charge on any atom is 0.274 e. The monoisotopic (exact) mass is 256 g/mol. The van der Waals surface area contributed by atoms with Crippen molar-refractivity contribution in [3.05, 3.63) is 29.3 Å². The van der Waals surface area contributed by atoms with Crippen LogP contribution in [-0.2, 0) is 4.79 Å². The molecule has 0 spiro atoms. The van der Waals surface area contributed by atoms with Crippen molar-refractivity contribution in [2.24, 2.45) is 0 Å². The second-order valence-electron chi connectivity index (χ2n) is 4.00. The number of hydrogen-bond donors (Lipinski definition) is 2. The van der Waals surface area contributed by atoms with Gasteiger partial charge in [0.05, 0.1) is 0 Å². The standard InChI is InChI=1S/C12H17ClN2O2/c1-8(2)14-15-12(16)9(3)17-11-6-4-10(13)5-7-11/h4-9,14H,1-3H3,(H,15,16). The highest BCUT2D eigenvalue weighted by Crippen LogP contribution is 2.16. The summed E-state index contributed by atoms with van der Waals surface area (Å²) in [5.41, 5.74) is 5.39. The number of ether oxygens (including phenoxy) is 1. The Labute approximate surface area is 106 Å². The summed E-state index contributed by atoms with van der Waals surface area (Å²) in [6.07, 6.45) is -0.567. The van der Waals surface area contributed by atoms with E-state index in [1.54, 1.807) is 31.2 Å². The number of hydrazine groups is 1. The molecule has 0 saturated heterocycles. The van der Waals surface area contributed by atoms with Crippen LogP contribution >= 0.6 is 11.6 Å². The molecule has 0 aliphatic heterocycles. The van der Waals surface area contributed by atoms with Crippen LogP contribution in [0.5, 0.6) is 5.75 Å².